The summed E-state index contributed by atoms with van der Waals surface area (Å²) in [5, 5.41) is 3.27. The number of hydrogen-bond donors (Lipinski definition) is 1. The Morgan fingerprint density at radius 3 is 2.33 bits per heavy atom. The molecule has 0 saturated heterocycles. The van der Waals surface area contributed by atoms with Gasteiger partial charge in [0.15, 0.2) is 0 Å². The van der Waals surface area contributed by atoms with Crippen LogP contribution in [0.4, 0.5) is 5.69 Å². The second-order valence-corrected chi connectivity index (χ2v) is 12.0. The van der Waals surface area contributed by atoms with Gasteiger partial charge < -0.3 is 15.0 Å². The van der Waals surface area contributed by atoms with Crippen molar-refractivity contribution in [3.8, 4) is 5.75 Å². The Hall–Kier alpha value is -3.27. The molecule has 3 rings (SSSR count). The average molecular weight is 607 g/mol. The molecule has 1 unspecified atom stereocenters. The Kier molecular flexibility index (Phi) is 11.2. The summed E-state index contributed by atoms with van der Waals surface area (Å²) >= 11 is 12.5. The number of nitrogens with one attached hydrogen (secondary N) is 1. The summed E-state index contributed by atoms with van der Waals surface area (Å²) in [6, 6.07) is 19.9. The van der Waals surface area contributed by atoms with Gasteiger partial charge in [0, 0.05) is 24.5 Å². The van der Waals surface area contributed by atoms with E-state index in [0.717, 1.165) is 16.1 Å². The summed E-state index contributed by atoms with van der Waals surface area (Å²) in [6.07, 6.45) is 1.92. The van der Waals surface area contributed by atoms with E-state index in [1.807, 2.05) is 43.3 Å². The number of hydrogen-bond acceptors (Lipinski definition) is 5. The fraction of sp³-hybridized carbons (Fsp3) is 0.310. The van der Waals surface area contributed by atoms with Crippen LogP contribution in [-0.2, 0) is 32.6 Å². The van der Waals surface area contributed by atoms with E-state index in [-0.39, 0.29) is 34.6 Å². The summed E-state index contributed by atoms with van der Waals surface area (Å²) in [5.74, 6) is -0.339. The molecule has 0 aliphatic rings. The third kappa shape index (κ3) is 8.61. The molecule has 0 radical (unpaired) electrons. The van der Waals surface area contributed by atoms with Gasteiger partial charge in [0.1, 0.15) is 18.3 Å². The first-order valence-corrected chi connectivity index (χ1v) is 15.3. The molecule has 40 heavy (non-hydrogen) atoms. The van der Waals surface area contributed by atoms with E-state index in [1.54, 1.807) is 18.2 Å². The number of carbonyl (C=O) groups is 2. The van der Waals surface area contributed by atoms with E-state index in [9.17, 15) is 18.0 Å². The van der Waals surface area contributed by atoms with Crippen molar-refractivity contribution in [1.82, 2.24) is 10.2 Å². The molecule has 0 aromatic heterocycles. The number of benzene rings is 3. The van der Waals surface area contributed by atoms with E-state index in [0.29, 0.717) is 24.3 Å². The van der Waals surface area contributed by atoms with Crippen LogP contribution in [0.15, 0.2) is 72.8 Å². The lowest BCUT2D eigenvalue weighted by atomic mass is 10.0. The highest BCUT2D eigenvalue weighted by molar-refractivity contribution is 7.92. The molecule has 0 fully saturated rings. The maximum absolute atomic E-state index is 14.1. The lowest BCUT2D eigenvalue weighted by molar-refractivity contribution is -0.140. The second-order valence-electron chi connectivity index (χ2n) is 9.24. The number of nitrogens with zero attached hydrogens (tertiary/aromatic N) is 2. The summed E-state index contributed by atoms with van der Waals surface area (Å²) < 4.78 is 32.0. The van der Waals surface area contributed by atoms with E-state index in [4.69, 9.17) is 27.9 Å². The molecular formula is C29H33Cl2N3O5S. The highest BCUT2D eigenvalue weighted by Gasteiger charge is 2.33. The van der Waals surface area contributed by atoms with Crippen molar-refractivity contribution >= 4 is 50.7 Å². The van der Waals surface area contributed by atoms with Crippen LogP contribution >= 0.6 is 23.2 Å². The largest absolute Gasteiger partial charge is 0.497 e. The van der Waals surface area contributed by atoms with Gasteiger partial charge in [-0.1, -0.05) is 72.6 Å². The minimum atomic E-state index is -3.97. The number of anilines is 1. The molecule has 11 heteroatoms. The van der Waals surface area contributed by atoms with Crippen molar-refractivity contribution in [3.05, 3.63) is 94.0 Å². The quantitative estimate of drug-likeness (QED) is 0.298. The van der Waals surface area contributed by atoms with Gasteiger partial charge in [0.05, 0.1) is 24.1 Å². The summed E-state index contributed by atoms with van der Waals surface area (Å²) in [5.41, 5.74) is 1.63. The molecule has 0 aliphatic heterocycles. The van der Waals surface area contributed by atoms with Crippen LogP contribution in [0.25, 0.3) is 0 Å². The van der Waals surface area contributed by atoms with Crippen molar-refractivity contribution in [2.45, 2.75) is 32.4 Å². The number of rotatable bonds is 13. The molecule has 0 aliphatic carbocycles. The molecule has 214 valence electrons. The van der Waals surface area contributed by atoms with Gasteiger partial charge >= 0.3 is 0 Å². The molecule has 0 bridgehead atoms. The summed E-state index contributed by atoms with van der Waals surface area (Å²) in [7, 11) is -2.43. The van der Waals surface area contributed by atoms with Gasteiger partial charge in [-0.25, -0.2) is 8.42 Å². The zero-order valence-corrected chi connectivity index (χ0v) is 25.0. The second kappa shape index (κ2) is 14.4. The van der Waals surface area contributed by atoms with Crippen molar-refractivity contribution in [1.29, 1.82) is 0 Å². The molecule has 3 aromatic rings. The van der Waals surface area contributed by atoms with Crippen molar-refractivity contribution in [2.75, 3.05) is 30.8 Å². The zero-order chi connectivity index (χ0) is 29.3. The van der Waals surface area contributed by atoms with Crippen molar-refractivity contribution < 1.29 is 22.7 Å². The van der Waals surface area contributed by atoms with Crippen molar-refractivity contribution in [3.63, 3.8) is 0 Å². The summed E-state index contributed by atoms with van der Waals surface area (Å²) in [6.45, 7) is 1.81. The average Bonchev–Trinajstić information content (AvgIpc) is 2.93. The lowest BCUT2D eigenvalue weighted by Crippen LogP contribution is -2.53. The Labute approximate surface area is 245 Å². The van der Waals surface area contributed by atoms with Crippen LogP contribution in [-0.4, -0.2) is 57.6 Å². The van der Waals surface area contributed by atoms with E-state index in [2.05, 4.69) is 5.32 Å². The maximum Gasteiger partial charge on any atom is 0.244 e. The minimum absolute atomic E-state index is 0.0357. The van der Waals surface area contributed by atoms with E-state index < -0.39 is 28.5 Å². The number of carbonyl (C=O) groups excluding carboxylic acids is 2. The number of amides is 2. The molecular weight excluding hydrogens is 573 g/mol. The fourth-order valence-electron chi connectivity index (χ4n) is 4.16. The first-order chi connectivity index (χ1) is 19.0. The molecule has 1 atom stereocenters. The Morgan fingerprint density at radius 1 is 0.975 bits per heavy atom. The Morgan fingerprint density at radius 2 is 1.68 bits per heavy atom. The van der Waals surface area contributed by atoms with E-state index >= 15 is 0 Å². The molecule has 0 heterocycles. The molecule has 1 N–H and O–H groups in total. The molecule has 0 spiro atoms. The predicted octanol–water partition coefficient (Wildman–Crippen LogP) is 4.93. The van der Waals surface area contributed by atoms with Crippen LogP contribution in [0.1, 0.15) is 24.5 Å². The van der Waals surface area contributed by atoms with Crippen molar-refractivity contribution in [2.24, 2.45) is 0 Å². The SMILES string of the molecule is CCCNC(=O)C(Cc1ccccc1)N(Cc1cccc(OC)c1)C(=O)CN(c1cc(Cl)ccc1Cl)S(C)(=O)=O. The summed E-state index contributed by atoms with van der Waals surface area (Å²) in [4.78, 5) is 29.0. The highest BCUT2D eigenvalue weighted by Crippen LogP contribution is 2.31. The molecule has 2 amide bonds. The maximum atomic E-state index is 14.1. The fourth-order valence-corrected chi connectivity index (χ4v) is 5.45. The van der Waals surface area contributed by atoms with Gasteiger partial charge in [0.2, 0.25) is 21.8 Å². The molecule has 3 aromatic carbocycles. The Bertz CT molecular complexity index is 1420. The normalized spacial score (nSPS) is 11.9. The van der Waals surface area contributed by atoms with Gasteiger partial charge in [-0.15, -0.1) is 0 Å². The first-order valence-electron chi connectivity index (χ1n) is 12.7. The number of sulfonamides is 1. The van der Waals surface area contributed by atoms with Gasteiger partial charge in [-0.3, -0.25) is 13.9 Å². The van der Waals surface area contributed by atoms with Gasteiger partial charge in [-0.05, 0) is 47.9 Å². The van der Waals surface area contributed by atoms with Gasteiger partial charge in [0.25, 0.3) is 0 Å². The van der Waals surface area contributed by atoms with Crippen LogP contribution in [0.5, 0.6) is 5.75 Å². The van der Waals surface area contributed by atoms with Crippen LogP contribution < -0.4 is 14.4 Å². The van der Waals surface area contributed by atoms with Gasteiger partial charge in [-0.2, -0.15) is 0 Å². The third-order valence-electron chi connectivity index (χ3n) is 6.16. The standard InChI is InChI=1S/C29H33Cl2N3O5S/c1-4-15-32-29(36)27(17-21-9-6-5-7-10-21)33(19-22-11-8-12-24(16-22)39-2)28(35)20-34(40(3,37)38)26-18-23(30)13-14-25(26)31/h5-14,16,18,27H,4,15,17,19-20H2,1-3H3,(H,32,36). The van der Waals surface area contributed by atoms with Crippen LogP contribution in [0.3, 0.4) is 0 Å². The Balaban J connectivity index is 2.08. The van der Waals surface area contributed by atoms with E-state index in [1.165, 1.54) is 30.2 Å². The number of halogens is 2. The topological polar surface area (TPSA) is 96.0 Å². The first kappa shape index (κ1) is 31.3. The molecule has 8 nitrogen and oxygen atoms in total. The van der Waals surface area contributed by atoms with Crippen LogP contribution in [0, 0.1) is 0 Å². The molecule has 0 saturated carbocycles. The smallest absolute Gasteiger partial charge is 0.244 e. The monoisotopic (exact) mass is 605 g/mol. The predicted molar refractivity (Wildman–Crippen MR) is 159 cm³/mol. The van der Waals surface area contributed by atoms with Crippen LogP contribution in [0.2, 0.25) is 10.0 Å². The number of ether oxygens (including phenoxy) is 1. The highest BCUT2D eigenvalue weighted by atomic mass is 35.5. The lowest BCUT2D eigenvalue weighted by Gasteiger charge is -2.33. The number of methoxy groups -OCH3 is 1. The third-order valence-corrected chi connectivity index (χ3v) is 7.84. The zero-order valence-electron chi connectivity index (χ0n) is 22.6. The minimum Gasteiger partial charge on any atom is -0.497 e.